The minimum atomic E-state index is -0.591. The van der Waals surface area contributed by atoms with E-state index in [1.807, 2.05) is 42.5 Å². The molecule has 1 aliphatic heterocycles. The fourth-order valence-electron chi connectivity index (χ4n) is 4.71. The molecule has 34 heavy (non-hydrogen) atoms. The Bertz CT molecular complexity index is 1350. The van der Waals surface area contributed by atoms with Crippen molar-refractivity contribution >= 4 is 21.8 Å². The normalized spacial score (nSPS) is 16.2. The number of hydrogen-bond donors (Lipinski definition) is 3. The number of ether oxygens (including phenoxy) is 1. The van der Waals surface area contributed by atoms with E-state index in [1.54, 1.807) is 13.3 Å². The summed E-state index contributed by atoms with van der Waals surface area (Å²) < 4.78 is 5.35. The van der Waals surface area contributed by atoms with Gasteiger partial charge in [0.1, 0.15) is 5.75 Å². The maximum Gasteiger partial charge on any atom is 0.258 e. The van der Waals surface area contributed by atoms with Gasteiger partial charge in [-0.1, -0.05) is 6.07 Å². The number of aliphatic hydroxyl groups excluding tert-OH is 1. The first-order valence-electron chi connectivity index (χ1n) is 11.6. The molecule has 0 saturated carbocycles. The number of H-pyrrole nitrogens is 1. The highest BCUT2D eigenvalue weighted by molar-refractivity contribution is 5.83. The number of benzene rings is 2. The van der Waals surface area contributed by atoms with Crippen molar-refractivity contribution in [3.63, 3.8) is 0 Å². The predicted octanol–water partition coefficient (Wildman–Crippen LogP) is 2.77. The third kappa shape index (κ3) is 4.79. The predicted molar refractivity (Wildman–Crippen MR) is 132 cm³/mol. The van der Waals surface area contributed by atoms with Crippen LogP contribution in [0, 0.1) is 0 Å². The topological polar surface area (TPSA) is 103 Å². The monoisotopic (exact) mass is 459 g/mol. The van der Waals surface area contributed by atoms with E-state index in [-0.39, 0.29) is 5.56 Å². The Hall–Kier alpha value is -3.33. The minimum absolute atomic E-state index is 0.112. The summed E-state index contributed by atoms with van der Waals surface area (Å²) in [7, 11) is 1.64. The largest absolute Gasteiger partial charge is 0.497 e. The number of aliphatic hydroxyl groups is 1. The van der Waals surface area contributed by atoms with Crippen molar-refractivity contribution in [3.05, 3.63) is 76.5 Å². The molecule has 1 fully saturated rings. The molecule has 2 aromatic carbocycles. The molecule has 1 saturated heterocycles. The number of piperidine rings is 1. The first-order chi connectivity index (χ1) is 16.6. The number of β-amino-alcohol motifs (C(OH)–C–C–N with tert-alkyl or cyclic N) is 1. The van der Waals surface area contributed by atoms with Gasteiger partial charge in [0.2, 0.25) is 0 Å². The van der Waals surface area contributed by atoms with Gasteiger partial charge in [-0.15, -0.1) is 0 Å². The second-order valence-electron chi connectivity index (χ2n) is 8.84. The summed E-state index contributed by atoms with van der Waals surface area (Å²) in [4.78, 5) is 25.6. The smallest absolute Gasteiger partial charge is 0.258 e. The number of methoxy groups -OCH3 is 1. The van der Waals surface area contributed by atoms with Gasteiger partial charge in [-0.25, -0.2) is 4.98 Å². The fourth-order valence-corrected chi connectivity index (χ4v) is 4.71. The van der Waals surface area contributed by atoms with Crippen LogP contribution in [0.25, 0.3) is 21.8 Å². The molecule has 8 nitrogen and oxygen atoms in total. The van der Waals surface area contributed by atoms with E-state index in [0.29, 0.717) is 30.0 Å². The molecule has 0 aliphatic carbocycles. The lowest BCUT2D eigenvalue weighted by atomic mass is 10.0. The zero-order chi connectivity index (χ0) is 23.5. The van der Waals surface area contributed by atoms with Crippen LogP contribution in [0.1, 0.15) is 30.1 Å². The number of likely N-dealkylation sites (tertiary alicyclic amines) is 1. The molecule has 0 bridgehead atoms. The van der Waals surface area contributed by atoms with Crippen LogP contribution in [-0.2, 0) is 6.54 Å². The Labute approximate surface area is 197 Å². The number of pyridine rings is 1. The first kappa shape index (κ1) is 22.5. The van der Waals surface area contributed by atoms with Crippen molar-refractivity contribution in [1.82, 2.24) is 25.2 Å². The Morgan fingerprint density at radius 2 is 1.91 bits per heavy atom. The molecular formula is C26H29N5O3. The van der Waals surface area contributed by atoms with Crippen molar-refractivity contribution in [2.24, 2.45) is 0 Å². The Morgan fingerprint density at radius 1 is 1.12 bits per heavy atom. The molecule has 0 amide bonds. The summed E-state index contributed by atoms with van der Waals surface area (Å²) in [6.45, 7) is 3.14. The second kappa shape index (κ2) is 9.89. The number of fused-ring (bicyclic) bond motifs is 2. The van der Waals surface area contributed by atoms with Crippen LogP contribution in [0.5, 0.6) is 5.75 Å². The van der Waals surface area contributed by atoms with E-state index < -0.39 is 6.10 Å². The van der Waals surface area contributed by atoms with Gasteiger partial charge < -0.3 is 25.0 Å². The quantitative estimate of drug-likeness (QED) is 0.390. The summed E-state index contributed by atoms with van der Waals surface area (Å²) >= 11 is 0. The molecule has 5 rings (SSSR count). The molecular weight excluding hydrogens is 430 g/mol. The van der Waals surface area contributed by atoms with Gasteiger partial charge in [0.15, 0.2) is 0 Å². The number of hydrogen-bond acceptors (Lipinski definition) is 7. The van der Waals surface area contributed by atoms with E-state index in [0.717, 1.165) is 53.7 Å². The van der Waals surface area contributed by atoms with Gasteiger partial charge in [0.25, 0.3) is 5.56 Å². The molecule has 3 heterocycles. The third-order valence-electron chi connectivity index (χ3n) is 6.66. The fraction of sp³-hybridized carbons (Fsp3) is 0.346. The third-order valence-corrected chi connectivity index (χ3v) is 6.66. The number of nitrogens with one attached hydrogen (secondary N) is 2. The number of aromatic nitrogens is 3. The van der Waals surface area contributed by atoms with E-state index in [4.69, 9.17) is 4.74 Å². The molecule has 0 radical (unpaired) electrons. The van der Waals surface area contributed by atoms with Gasteiger partial charge in [-0.3, -0.25) is 9.78 Å². The zero-order valence-electron chi connectivity index (χ0n) is 19.2. The molecule has 3 N–H and O–H groups in total. The first-order valence-corrected chi connectivity index (χ1v) is 11.6. The van der Waals surface area contributed by atoms with Crippen LogP contribution >= 0.6 is 0 Å². The van der Waals surface area contributed by atoms with Gasteiger partial charge in [-0.2, -0.15) is 0 Å². The highest BCUT2D eigenvalue weighted by atomic mass is 16.5. The van der Waals surface area contributed by atoms with Gasteiger partial charge in [0, 0.05) is 30.7 Å². The molecule has 0 spiro atoms. The molecule has 2 aromatic heterocycles. The van der Waals surface area contributed by atoms with E-state index in [1.165, 1.54) is 6.33 Å². The number of rotatable bonds is 7. The summed E-state index contributed by atoms with van der Waals surface area (Å²) in [6, 6.07) is 13.9. The standard InChI is InChI=1S/C26H29N5O3/c1-34-19-3-5-23-21(13-19)20(6-9-27-23)25(32)15-31-10-7-18(8-11-31)28-14-17-2-4-24-22(12-17)26(33)30-16-29-24/h2-6,9,12-13,16,18,25,28,32H,7-8,10-11,14-15H2,1H3,(H,29,30,33)/t25-/m0/s1. The van der Waals surface area contributed by atoms with Crippen LogP contribution < -0.4 is 15.6 Å². The van der Waals surface area contributed by atoms with E-state index in [9.17, 15) is 9.90 Å². The molecule has 8 heteroatoms. The van der Waals surface area contributed by atoms with Crippen LogP contribution in [0.2, 0.25) is 0 Å². The van der Waals surface area contributed by atoms with Crippen molar-refractivity contribution < 1.29 is 9.84 Å². The van der Waals surface area contributed by atoms with Crippen molar-refractivity contribution in [2.45, 2.75) is 31.5 Å². The average molecular weight is 460 g/mol. The molecule has 1 aliphatic rings. The Kier molecular flexibility index (Phi) is 6.53. The SMILES string of the molecule is COc1ccc2nccc([C@@H](O)CN3CCC(NCc4ccc5nc[nH]c(=O)c5c4)CC3)c2c1. The van der Waals surface area contributed by atoms with Crippen LogP contribution in [-0.4, -0.2) is 57.7 Å². The van der Waals surface area contributed by atoms with Crippen molar-refractivity contribution in [2.75, 3.05) is 26.7 Å². The van der Waals surface area contributed by atoms with Crippen molar-refractivity contribution in [1.29, 1.82) is 0 Å². The Balaban J connectivity index is 1.16. The molecule has 0 unspecified atom stereocenters. The van der Waals surface area contributed by atoms with Gasteiger partial charge >= 0.3 is 0 Å². The lowest BCUT2D eigenvalue weighted by molar-refractivity contribution is 0.0949. The van der Waals surface area contributed by atoms with Crippen molar-refractivity contribution in [3.8, 4) is 5.75 Å². The van der Waals surface area contributed by atoms with Gasteiger partial charge in [-0.05, 0) is 73.5 Å². The lowest BCUT2D eigenvalue weighted by Gasteiger charge is -2.33. The van der Waals surface area contributed by atoms with Crippen LogP contribution in [0.3, 0.4) is 0 Å². The zero-order valence-corrected chi connectivity index (χ0v) is 19.2. The van der Waals surface area contributed by atoms with E-state index >= 15 is 0 Å². The molecule has 4 aromatic rings. The maximum absolute atomic E-state index is 12.0. The lowest BCUT2D eigenvalue weighted by Crippen LogP contribution is -2.43. The second-order valence-corrected chi connectivity index (χ2v) is 8.84. The van der Waals surface area contributed by atoms with Crippen LogP contribution in [0.15, 0.2) is 59.8 Å². The summed E-state index contributed by atoms with van der Waals surface area (Å²) in [5.74, 6) is 0.758. The summed E-state index contributed by atoms with van der Waals surface area (Å²) in [6.07, 6.45) is 4.61. The van der Waals surface area contributed by atoms with Crippen LogP contribution in [0.4, 0.5) is 0 Å². The Morgan fingerprint density at radius 3 is 2.74 bits per heavy atom. The minimum Gasteiger partial charge on any atom is -0.497 e. The maximum atomic E-state index is 12.0. The highest BCUT2D eigenvalue weighted by Gasteiger charge is 2.22. The van der Waals surface area contributed by atoms with Gasteiger partial charge in [0.05, 0.1) is 36.0 Å². The number of nitrogens with zero attached hydrogens (tertiary/aromatic N) is 3. The highest BCUT2D eigenvalue weighted by Crippen LogP contribution is 2.27. The summed E-state index contributed by atoms with van der Waals surface area (Å²) in [5.41, 5.74) is 3.40. The van der Waals surface area contributed by atoms with E-state index in [2.05, 4.69) is 25.2 Å². The average Bonchev–Trinajstić information content (AvgIpc) is 2.88. The molecule has 176 valence electrons. The summed E-state index contributed by atoms with van der Waals surface area (Å²) in [5, 5.41) is 16.2. The molecule has 1 atom stereocenters. The number of aromatic amines is 1.